The highest BCUT2D eigenvalue weighted by molar-refractivity contribution is 7.89. The van der Waals surface area contributed by atoms with Crippen LogP contribution in [0.1, 0.15) is 25.3 Å². The summed E-state index contributed by atoms with van der Waals surface area (Å²) in [6.07, 6.45) is 1.62. The molecule has 0 spiro atoms. The monoisotopic (exact) mass is 419 g/mol. The topological polar surface area (TPSA) is 93.0 Å². The Morgan fingerprint density at radius 1 is 1.14 bits per heavy atom. The lowest BCUT2D eigenvalue weighted by atomic mass is 10.2. The quantitative estimate of drug-likeness (QED) is 0.481. The summed E-state index contributed by atoms with van der Waals surface area (Å²) in [5, 5.41) is 11.6. The van der Waals surface area contributed by atoms with Crippen LogP contribution >= 0.6 is 0 Å². The van der Waals surface area contributed by atoms with Crippen LogP contribution in [-0.4, -0.2) is 44.4 Å². The molecule has 0 radical (unpaired) electrons. The SMILES string of the molecule is CCOc1ccc(CN(C)c2ccc(S(=O)(=O)N3CCCC3)cc2[N+](=O)[O-])cc1. The highest BCUT2D eigenvalue weighted by atomic mass is 32.2. The fraction of sp³-hybridized carbons (Fsp3) is 0.400. The van der Waals surface area contributed by atoms with Gasteiger partial charge in [-0.25, -0.2) is 8.42 Å². The lowest BCUT2D eigenvalue weighted by Crippen LogP contribution is -2.28. The number of hydrogen-bond donors (Lipinski definition) is 0. The van der Waals surface area contributed by atoms with Crippen LogP contribution in [0, 0.1) is 10.1 Å². The molecule has 0 aliphatic carbocycles. The molecule has 8 nitrogen and oxygen atoms in total. The summed E-state index contributed by atoms with van der Waals surface area (Å²) in [5.41, 5.74) is 1.10. The van der Waals surface area contributed by atoms with Gasteiger partial charge in [0.15, 0.2) is 0 Å². The molecule has 0 bridgehead atoms. The highest BCUT2D eigenvalue weighted by Crippen LogP contribution is 2.33. The van der Waals surface area contributed by atoms with Gasteiger partial charge >= 0.3 is 0 Å². The fourth-order valence-electron chi connectivity index (χ4n) is 3.43. The third kappa shape index (κ3) is 4.68. The molecular weight excluding hydrogens is 394 g/mol. The van der Waals surface area contributed by atoms with Crippen LogP contribution in [0.25, 0.3) is 0 Å². The van der Waals surface area contributed by atoms with Crippen molar-refractivity contribution in [2.75, 3.05) is 31.6 Å². The molecule has 2 aromatic carbocycles. The molecule has 0 N–H and O–H groups in total. The number of ether oxygens (including phenoxy) is 1. The van der Waals surface area contributed by atoms with Gasteiger partial charge in [-0.15, -0.1) is 0 Å². The van der Waals surface area contributed by atoms with Gasteiger partial charge in [0.25, 0.3) is 5.69 Å². The summed E-state index contributed by atoms with van der Waals surface area (Å²) in [7, 11) is -1.97. The zero-order valence-electron chi connectivity index (χ0n) is 16.6. The fourth-order valence-corrected chi connectivity index (χ4v) is 4.96. The van der Waals surface area contributed by atoms with Crippen molar-refractivity contribution < 1.29 is 18.1 Å². The van der Waals surface area contributed by atoms with Crippen molar-refractivity contribution in [1.29, 1.82) is 0 Å². The second kappa shape index (κ2) is 8.79. The van der Waals surface area contributed by atoms with Gasteiger partial charge in [-0.3, -0.25) is 10.1 Å². The van der Waals surface area contributed by atoms with E-state index in [1.807, 2.05) is 31.2 Å². The molecule has 156 valence electrons. The van der Waals surface area contributed by atoms with Crippen molar-refractivity contribution in [3.8, 4) is 5.75 Å². The first-order chi connectivity index (χ1) is 13.8. The zero-order valence-corrected chi connectivity index (χ0v) is 17.4. The second-order valence-corrected chi connectivity index (χ2v) is 8.89. The summed E-state index contributed by atoms with van der Waals surface area (Å²) < 4.78 is 32.3. The highest BCUT2D eigenvalue weighted by Gasteiger charge is 2.30. The van der Waals surface area contributed by atoms with Gasteiger partial charge in [-0.2, -0.15) is 4.31 Å². The second-order valence-electron chi connectivity index (χ2n) is 6.95. The molecule has 1 aliphatic heterocycles. The minimum absolute atomic E-state index is 0.0377. The van der Waals surface area contributed by atoms with Gasteiger partial charge in [0, 0.05) is 32.7 Å². The molecule has 0 aromatic heterocycles. The minimum atomic E-state index is -3.71. The number of hydrogen-bond acceptors (Lipinski definition) is 6. The molecule has 1 fully saturated rings. The summed E-state index contributed by atoms with van der Waals surface area (Å²) in [5.74, 6) is 0.765. The number of sulfonamides is 1. The standard InChI is InChI=1S/C20H25N3O5S/c1-3-28-17-8-6-16(7-9-17)15-21(2)19-11-10-18(14-20(19)23(24)25)29(26,27)22-12-4-5-13-22/h6-11,14H,3-5,12-13,15H2,1-2H3. The Morgan fingerprint density at radius 3 is 2.38 bits per heavy atom. The minimum Gasteiger partial charge on any atom is -0.494 e. The van der Waals surface area contributed by atoms with E-state index in [-0.39, 0.29) is 10.6 Å². The van der Waals surface area contributed by atoms with Crippen LogP contribution in [0.4, 0.5) is 11.4 Å². The van der Waals surface area contributed by atoms with Gasteiger partial charge < -0.3 is 9.64 Å². The molecule has 0 amide bonds. The molecule has 2 aromatic rings. The Labute approximate surface area is 170 Å². The van der Waals surface area contributed by atoms with Crippen molar-refractivity contribution in [2.45, 2.75) is 31.2 Å². The van der Waals surface area contributed by atoms with Crippen molar-refractivity contribution in [3.05, 3.63) is 58.1 Å². The Balaban J connectivity index is 1.85. The van der Waals surface area contributed by atoms with E-state index in [2.05, 4.69) is 0 Å². The molecule has 0 unspecified atom stereocenters. The van der Waals surface area contributed by atoms with Crippen molar-refractivity contribution in [1.82, 2.24) is 4.31 Å². The maximum atomic E-state index is 12.7. The normalized spacial score (nSPS) is 14.7. The number of nitro groups is 1. The van der Waals surface area contributed by atoms with Crippen LogP contribution in [0.15, 0.2) is 47.4 Å². The van der Waals surface area contributed by atoms with E-state index in [9.17, 15) is 18.5 Å². The molecule has 9 heteroatoms. The molecule has 1 aliphatic rings. The molecule has 0 saturated carbocycles. The van der Waals surface area contributed by atoms with Crippen LogP contribution in [0.2, 0.25) is 0 Å². The van der Waals surface area contributed by atoms with Crippen LogP contribution < -0.4 is 9.64 Å². The lowest BCUT2D eigenvalue weighted by molar-refractivity contribution is -0.384. The van der Waals surface area contributed by atoms with E-state index in [0.29, 0.717) is 31.9 Å². The molecule has 3 rings (SSSR count). The number of rotatable bonds is 8. The first-order valence-electron chi connectivity index (χ1n) is 9.54. The number of benzene rings is 2. The smallest absolute Gasteiger partial charge is 0.293 e. The Bertz CT molecular complexity index is 970. The largest absolute Gasteiger partial charge is 0.494 e. The van der Waals surface area contributed by atoms with Crippen LogP contribution in [-0.2, 0) is 16.6 Å². The summed E-state index contributed by atoms with van der Waals surface area (Å²) in [6.45, 7) is 3.84. The first-order valence-corrected chi connectivity index (χ1v) is 11.0. The molecular formula is C20H25N3O5S. The summed E-state index contributed by atoms with van der Waals surface area (Å²) in [6, 6.07) is 11.6. The van der Waals surface area contributed by atoms with Crippen molar-refractivity contribution in [3.63, 3.8) is 0 Å². The van der Waals surface area contributed by atoms with Crippen LogP contribution in [0.3, 0.4) is 0 Å². The number of nitro benzene ring substituents is 1. The predicted molar refractivity (Wildman–Crippen MR) is 111 cm³/mol. The lowest BCUT2D eigenvalue weighted by Gasteiger charge is -2.21. The molecule has 1 heterocycles. The van der Waals surface area contributed by atoms with Crippen LogP contribution in [0.5, 0.6) is 5.75 Å². The van der Waals surface area contributed by atoms with E-state index in [1.54, 1.807) is 11.9 Å². The van der Waals surface area contributed by atoms with E-state index < -0.39 is 14.9 Å². The van der Waals surface area contributed by atoms with E-state index in [4.69, 9.17) is 4.74 Å². The van der Waals surface area contributed by atoms with E-state index >= 15 is 0 Å². The maximum Gasteiger partial charge on any atom is 0.293 e. The maximum absolute atomic E-state index is 12.7. The Hall–Kier alpha value is -2.65. The van der Waals surface area contributed by atoms with E-state index in [0.717, 1.165) is 30.2 Å². The van der Waals surface area contributed by atoms with Gasteiger partial charge in [-0.1, -0.05) is 12.1 Å². The first kappa shape index (κ1) is 21.1. The molecule has 0 atom stereocenters. The average molecular weight is 420 g/mol. The molecule has 29 heavy (non-hydrogen) atoms. The summed E-state index contributed by atoms with van der Waals surface area (Å²) in [4.78, 5) is 12.8. The van der Waals surface area contributed by atoms with Crippen molar-refractivity contribution >= 4 is 21.4 Å². The van der Waals surface area contributed by atoms with Crippen molar-refractivity contribution in [2.24, 2.45) is 0 Å². The number of nitrogens with zero attached hydrogens (tertiary/aromatic N) is 3. The number of anilines is 1. The van der Waals surface area contributed by atoms with Gasteiger partial charge in [0.2, 0.25) is 10.0 Å². The van der Waals surface area contributed by atoms with Gasteiger partial charge in [0.1, 0.15) is 11.4 Å². The van der Waals surface area contributed by atoms with Gasteiger partial charge in [-0.05, 0) is 49.6 Å². The summed E-state index contributed by atoms with van der Waals surface area (Å²) >= 11 is 0. The average Bonchev–Trinajstić information content (AvgIpc) is 3.25. The van der Waals surface area contributed by atoms with E-state index in [1.165, 1.54) is 16.4 Å². The predicted octanol–water partition coefficient (Wildman–Crippen LogP) is 3.41. The third-order valence-corrected chi connectivity index (χ3v) is 6.81. The zero-order chi connectivity index (χ0) is 21.0. The third-order valence-electron chi connectivity index (χ3n) is 4.91. The Kier molecular flexibility index (Phi) is 6.39. The Morgan fingerprint density at radius 2 is 1.79 bits per heavy atom. The van der Waals surface area contributed by atoms with Gasteiger partial charge in [0.05, 0.1) is 16.4 Å². The molecule has 1 saturated heterocycles.